The maximum Gasteiger partial charge on any atom is 0.254 e. The Labute approximate surface area is 158 Å². The zero-order valence-corrected chi connectivity index (χ0v) is 15.7. The van der Waals surface area contributed by atoms with Crippen molar-refractivity contribution in [2.75, 3.05) is 11.9 Å². The normalized spacial score (nSPS) is 13.6. The molecule has 5 heteroatoms. The highest BCUT2D eigenvalue weighted by atomic mass is 16.1. The third-order valence-corrected chi connectivity index (χ3v) is 5.43. The Hall–Kier alpha value is -2.95. The number of rotatable bonds is 5. The second-order valence-corrected chi connectivity index (χ2v) is 7.32. The van der Waals surface area contributed by atoms with E-state index in [0.29, 0.717) is 17.3 Å². The van der Waals surface area contributed by atoms with Gasteiger partial charge in [0.15, 0.2) is 0 Å². The van der Waals surface area contributed by atoms with Crippen molar-refractivity contribution in [2.45, 2.75) is 33.1 Å². The number of hydrogen-bond acceptors (Lipinski definition) is 4. The Morgan fingerprint density at radius 3 is 2.48 bits per heavy atom. The van der Waals surface area contributed by atoms with Gasteiger partial charge in [0.05, 0.1) is 0 Å². The van der Waals surface area contributed by atoms with Crippen LogP contribution in [0.2, 0.25) is 0 Å². The lowest BCUT2D eigenvalue weighted by Gasteiger charge is -2.11. The Bertz CT molecular complexity index is 983. The maximum atomic E-state index is 11.9. The molecule has 0 aliphatic heterocycles. The van der Waals surface area contributed by atoms with Crippen LogP contribution in [0.5, 0.6) is 0 Å². The molecule has 0 saturated carbocycles. The first-order valence-electron chi connectivity index (χ1n) is 9.45. The second kappa shape index (κ2) is 7.35. The highest BCUT2D eigenvalue weighted by Gasteiger charge is 2.20. The van der Waals surface area contributed by atoms with Crippen LogP contribution in [0.4, 0.5) is 5.82 Å². The van der Waals surface area contributed by atoms with Gasteiger partial charge in [-0.3, -0.25) is 4.79 Å². The van der Waals surface area contributed by atoms with Crippen LogP contribution in [0.1, 0.15) is 28.8 Å². The number of hydrogen-bond donors (Lipinski definition) is 2. The quantitative estimate of drug-likeness (QED) is 0.728. The van der Waals surface area contributed by atoms with Crippen molar-refractivity contribution in [1.82, 2.24) is 15.0 Å². The zero-order chi connectivity index (χ0) is 18.8. The summed E-state index contributed by atoms with van der Waals surface area (Å²) in [4.78, 5) is 23.7. The van der Waals surface area contributed by atoms with Crippen LogP contribution in [-0.4, -0.2) is 21.5 Å². The summed E-state index contributed by atoms with van der Waals surface area (Å²) in [5, 5.41) is 3.41. The molecular formula is C22H24N4O. The Morgan fingerprint density at radius 2 is 1.85 bits per heavy atom. The number of anilines is 1. The second-order valence-electron chi connectivity index (χ2n) is 7.32. The largest absolute Gasteiger partial charge is 0.370 e. The van der Waals surface area contributed by atoms with E-state index in [9.17, 15) is 4.79 Å². The number of nitrogens with zero attached hydrogens (tertiary/aromatic N) is 2. The molecule has 2 N–H and O–H groups in total. The third-order valence-electron chi connectivity index (χ3n) is 5.43. The molecule has 0 fully saturated rings. The SMILES string of the molecule is Cc1nc(-c2ccc(NCCC3Cc4ccccc4C3)nc2)[nH]c(=O)c1C. The predicted molar refractivity (Wildman–Crippen MR) is 108 cm³/mol. The molecule has 0 atom stereocenters. The first kappa shape index (κ1) is 17.5. The molecule has 4 rings (SSSR count). The van der Waals surface area contributed by atoms with Gasteiger partial charge in [-0.2, -0.15) is 0 Å². The molecule has 0 unspecified atom stereocenters. The van der Waals surface area contributed by atoms with Crippen LogP contribution in [0, 0.1) is 19.8 Å². The van der Waals surface area contributed by atoms with Gasteiger partial charge in [-0.15, -0.1) is 0 Å². The van der Waals surface area contributed by atoms with Crippen molar-refractivity contribution in [3.05, 3.63) is 75.3 Å². The van der Waals surface area contributed by atoms with E-state index in [0.717, 1.165) is 30.0 Å². The van der Waals surface area contributed by atoms with E-state index in [-0.39, 0.29) is 5.56 Å². The van der Waals surface area contributed by atoms with E-state index in [2.05, 4.69) is 44.5 Å². The van der Waals surface area contributed by atoms with Gasteiger partial charge in [0.25, 0.3) is 5.56 Å². The highest BCUT2D eigenvalue weighted by molar-refractivity contribution is 5.56. The number of aromatic amines is 1. The Balaban J connectivity index is 1.34. The van der Waals surface area contributed by atoms with Gasteiger partial charge in [0.1, 0.15) is 11.6 Å². The van der Waals surface area contributed by atoms with Crippen molar-refractivity contribution < 1.29 is 0 Å². The average molecular weight is 360 g/mol. The molecule has 0 radical (unpaired) electrons. The van der Waals surface area contributed by atoms with Gasteiger partial charge >= 0.3 is 0 Å². The lowest BCUT2D eigenvalue weighted by Crippen LogP contribution is -2.14. The third kappa shape index (κ3) is 3.77. The van der Waals surface area contributed by atoms with E-state index >= 15 is 0 Å². The molecule has 0 amide bonds. The standard InChI is InChI=1S/C22H24N4O/c1-14-15(2)25-21(26-22(14)27)19-7-8-20(24-13-19)23-10-9-16-11-17-5-3-4-6-18(17)12-16/h3-8,13,16H,9-12H2,1-2H3,(H,23,24)(H,25,26,27). The van der Waals surface area contributed by atoms with E-state index in [1.165, 1.54) is 24.0 Å². The topological polar surface area (TPSA) is 70.7 Å². The molecule has 5 nitrogen and oxygen atoms in total. The zero-order valence-electron chi connectivity index (χ0n) is 15.7. The lowest BCUT2D eigenvalue weighted by atomic mass is 10.0. The molecule has 0 saturated heterocycles. The summed E-state index contributed by atoms with van der Waals surface area (Å²) in [5.74, 6) is 2.12. The molecule has 2 heterocycles. The average Bonchev–Trinajstić information content (AvgIpc) is 3.09. The summed E-state index contributed by atoms with van der Waals surface area (Å²) < 4.78 is 0. The molecule has 0 bridgehead atoms. The van der Waals surface area contributed by atoms with E-state index < -0.39 is 0 Å². The summed E-state index contributed by atoms with van der Waals surface area (Å²) in [7, 11) is 0. The van der Waals surface area contributed by atoms with Crippen LogP contribution in [0.15, 0.2) is 47.4 Å². The van der Waals surface area contributed by atoms with Crippen LogP contribution >= 0.6 is 0 Å². The van der Waals surface area contributed by atoms with Crippen molar-refractivity contribution in [1.29, 1.82) is 0 Å². The minimum Gasteiger partial charge on any atom is -0.370 e. The molecule has 138 valence electrons. The number of aromatic nitrogens is 3. The summed E-state index contributed by atoms with van der Waals surface area (Å²) in [6.45, 7) is 4.53. The van der Waals surface area contributed by atoms with Crippen LogP contribution < -0.4 is 10.9 Å². The fourth-order valence-electron chi connectivity index (χ4n) is 3.68. The molecule has 2 aromatic heterocycles. The molecule has 27 heavy (non-hydrogen) atoms. The predicted octanol–water partition coefficient (Wildman–Crippen LogP) is 3.67. The Morgan fingerprint density at radius 1 is 1.11 bits per heavy atom. The van der Waals surface area contributed by atoms with E-state index in [1.54, 1.807) is 13.1 Å². The number of aryl methyl sites for hydroxylation is 1. The molecule has 1 aliphatic carbocycles. The number of nitrogens with one attached hydrogen (secondary N) is 2. The number of pyridine rings is 1. The summed E-state index contributed by atoms with van der Waals surface area (Å²) >= 11 is 0. The fraction of sp³-hybridized carbons (Fsp3) is 0.318. The van der Waals surface area contributed by atoms with Gasteiger partial charge in [-0.25, -0.2) is 9.97 Å². The molecular weight excluding hydrogens is 336 g/mol. The first-order chi connectivity index (χ1) is 13.1. The van der Waals surface area contributed by atoms with Gasteiger partial charge in [-0.1, -0.05) is 24.3 Å². The summed E-state index contributed by atoms with van der Waals surface area (Å²) in [5.41, 5.74) is 5.11. The smallest absolute Gasteiger partial charge is 0.254 e. The van der Waals surface area contributed by atoms with Gasteiger partial charge in [-0.05, 0) is 62.3 Å². The molecule has 1 aliphatic rings. The van der Waals surface area contributed by atoms with E-state index in [4.69, 9.17) is 0 Å². The molecule has 3 aromatic rings. The molecule has 0 spiro atoms. The first-order valence-corrected chi connectivity index (χ1v) is 9.45. The number of fused-ring (bicyclic) bond motifs is 1. The maximum absolute atomic E-state index is 11.9. The van der Waals surface area contributed by atoms with Crippen LogP contribution in [0.3, 0.4) is 0 Å². The van der Waals surface area contributed by atoms with Crippen LogP contribution in [0.25, 0.3) is 11.4 Å². The molecule has 1 aromatic carbocycles. The van der Waals surface area contributed by atoms with Gasteiger partial charge < -0.3 is 10.3 Å². The number of H-pyrrole nitrogens is 1. The monoisotopic (exact) mass is 360 g/mol. The van der Waals surface area contributed by atoms with Crippen molar-refractivity contribution in [3.8, 4) is 11.4 Å². The highest BCUT2D eigenvalue weighted by Crippen LogP contribution is 2.28. The van der Waals surface area contributed by atoms with Gasteiger partial charge in [0.2, 0.25) is 0 Å². The fourth-order valence-corrected chi connectivity index (χ4v) is 3.68. The van der Waals surface area contributed by atoms with Crippen molar-refractivity contribution >= 4 is 5.82 Å². The minimum absolute atomic E-state index is 0.0998. The van der Waals surface area contributed by atoms with Gasteiger partial charge in [0, 0.05) is 29.6 Å². The lowest BCUT2D eigenvalue weighted by molar-refractivity contribution is 0.529. The summed E-state index contributed by atoms with van der Waals surface area (Å²) in [6.07, 6.45) is 5.23. The van der Waals surface area contributed by atoms with Crippen molar-refractivity contribution in [2.24, 2.45) is 5.92 Å². The minimum atomic E-state index is -0.0998. The summed E-state index contributed by atoms with van der Waals surface area (Å²) in [6, 6.07) is 12.6. The van der Waals surface area contributed by atoms with Crippen LogP contribution in [-0.2, 0) is 12.8 Å². The van der Waals surface area contributed by atoms with E-state index in [1.807, 2.05) is 19.1 Å². The Kier molecular flexibility index (Phi) is 4.75. The van der Waals surface area contributed by atoms with Crippen molar-refractivity contribution in [3.63, 3.8) is 0 Å². The number of benzene rings is 1.